The summed E-state index contributed by atoms with van der Waals surface area (Å²) in [5.41, 5.74) is 1.29. The van der Waals surface area contributed by atoms with Crippen LogP contribution in [0.2, 0.25) is 0 Å². The van der Waals surface area contributed by atoms with Crippen LogP contribution in [0.15, 0.2) is 42.5 Å². The number of methoxy groups -OCH3 is 1. The van der Waals surface area contributed by atoms with Crippen LogP contribution < -0.4 is 0 Å². The van der Waals surface area contributed by atoms with Crippen LogP contribution in [0.4, 0.5) is 0 Å². The number of benzene rings is 1. The molecule has 0 amide bonds. The Morgan fingerprint density at radius 1 is 1.33 bits per heavy atom. The average Bonchev–Trinajstić information content (AvgIpc) is 2.94. The van der Waals surface area contributed by atoms with E-state index in [0.29, 0.717) is 18.4 Å². The van der Waals surface area contributed by atoms with Crippen LogP contribution in [-0.4, -0.2) is 30.6 Å². The van der Waals surface area contributed by atoms with E-state index >= 15 is 0 Å². The molecule has 0 fully saturated rings. The van der Waals surface area contributed by atoms with Gasteiger partial charge in [-0.3, -0.25) is 9.69 Å². The predicted molar refractivity (Wildman–Crippen MR) is 84.9 cm³/mol. The Hall–Kier alpha value is -1.61. The number of carbonyl (C=O) groups excluding carboxylic acids is 1. The second kappa shape index (κ2) is 7.41. The molecule has 0 aliphatic heterocycles. The number of hydrogen-bond acceptors (Lipinski definition) is 3. The van der Waals surface area contributed by atoms with Crippen LogP contribution in [-0.2, 0) is 9.53 Å². The molecule has 3 atom stereocenters. The van der Waals surface area contributed by atoms with Gasteiger partial charge >= 0.3 is 5.97 Å². The van der Waals surface area contributed by atoms with E-state index in [-0.39, 0.29) is 12.0 Å². The molecule has 2 rings (SSSR count). The van der Waals surface area contributed by atoms with Crippen molar-refractivity contribution in [2.45, 2.75) is 38.8 Å². The summed E-state index contributed by atoms with van der Waals surface area (Å²) in [7, 11) is 1.45. The fraction of sp³-hybridized carbons (Fsp3) is 0.500. The third kappa shape index (κ3) is 4.18. The predicted octanol–water partition coefficient (Wildman–Crippen LogP) is 3.58. The number of allylic oxidation sites excluding steroid dienone is 1. The standard InChI is InChI=1S/C18H25NO2/c1-14-9-10-17(13-14)19(12-11-18(20)21-3)15(2)16-7-5-4-6-8-16/h4-10,14-15,17H,11-13H2,1-3H3/t14?,15-,17?/m0/s1. The van der Waals surface area contributed by atoms with Crippen molar-refractivity contribution >= 4 is 5.97 Å². The number of rotatable bonds is 6. The zero-order chi connectivity index (χ0) is 15.2. The van der Waals surface area contributed by atoms with Crippen molar-refractivity contribution in [1.82, 2.24) is 4.90 Å². The van der Waals surface area contributed by atoms with Gasteiger partial charge in [-0.05, 0) is 24.8 Å². The maximum Gasteiger partial charge on any atom is 0.306 e. The maximum absolute atomic E-state index is 11.5. The van der Waals surface area contributed by atoms with Crippen molar-refractivity contribution in [3.05, 3.63) is 48.0 Å². The fourth-order valence-electron chi connectivity index (χ4n) is 2.99. The first-order chi connectivity index (χ1) is 10.1. The highest BCUT2D eigenvalue weighted by molar-refractivity contribution is 5.69. The van der Waals surface area contributed by atoms with Gasteiger partial charge in [-0.2, -0.15) is 0 Å². The van der Waals surface area contributed by atoms with Crippen LogP contribution in [0.25, 0.3) is 0 Å². The molecule has 0 saturated heterocycles. The Bertz CT molecular complexity index is 483. The molecule has 114 valence electrons. The number of esters is 1. The van der Waals surface area contributed by atoms with Crippen molar-refractivity contribution in [3.8, 4) is 0 Å². The van der Waals surface area contributed by atoms with Crippen LogP contribution in [0, 0.1) is 5.92 Å². The molecule has 1 aliphatic carbocycles. The summed E-state index contributed by atoms with van der Waals surface area (Å²) in [5, 5.41) is 0. The Labute approximate surface area is 127 Å². The molecule has 1 aromatic rings. The van der Waals surface area contributed by atoms with Crippen molar-refractivity contribution in [3.63, 3.8) is 0 Å². The summed E-state index contributed by atoms with van der Waals surface area (Å²) < 4.78 is 4.79. The highest BCUT2D eigenvalue weighted by Gasteiger charge is 2.27. The lowest BCUT2D eigenvalue weighted by Gasteiger charge is -2.34. The summed E-state index contributed by atoms with van der Waals surface area (Å²) in [6.45, 7) is 5.18. The molecule has 0 aromatic heterocycles. The van der Waals surface area contributed by atoms with Crippen molar-refractivity contribution in [2.24, 2.45) is 5.92 Å². The maximum atomic E-state index is 11.5. The summed E-state index contributed by atoms with van der Waals surface area (Å²) in [6, 6.07) is 11.2. The fourth-order valence-corrected chi connectivity index (χ4v) is 2.99. The Morgan fingerprint density at radius 2 is 2.05 bits per heavy atom. The van der Waals surface area contributed by atoms with Crippen LogP contribution in [0.5, 0.6) is 0 Å². The Kier molecular flexibility index (Phi) is 5.57. The molecular weight excluding hydrogens is 262 g/mol. The van der Waals surface area contributed by atoms with Gasteiger partial charge in [-0.25, -0.2) is 0 Å². The Morgan fingerprint density at radius 3 is 2.62 bits per heavy atom. The van der Waals surface area contributed by atoms with Crippen LogP contribution in [0.1, 0.15) is 38.3 Å². The van der Waals surface area contributed by atoms with Gasteiger partial charge in [0, 0.05) is 18.6 Å². The number of nitrogens with zero attached hydrogens (tertiary/aromatic N) is 1. The van der Waals surface area contributed by atoms with E-state index in [1.807, 2.05) is 6.07 Å². The van der Waals surface area contributed by atoms with E-state index in [1.54, 1.807) is 0 Å². The normalized spacial score (nSPS) is 22.5. The summed E-state index contributed by atoms with van der Waals surface area (Å²) in [5.74, 6) is 0.467. The van der Waals surface area contributed by atoms with Crippen LogP contribution in [0.3, 0.4) is 0 Å². The minimum absolute atomic E-state index is 0.143. The number of hydrogen-bond donors (Lipinski definition) is 0. The highest BCUT2D eigenvalue weighted by atomic mass is 16.5. The first-order valence-corrected chi connectivity index (χ1v) is 7.67. The smallest absolute Gasteiger partial charge is 0.306 e. The van der Waals surface area contributed by atoms with Gasteiger partial charge in [0.15, 0.2) is 0 Å². The zero-order valence-corrected chi connectivity index (χ0v) is 13.2. The quantitative estimate of drug-likeness (QED) is 0.591. The lowest BCUT2D eigenvalue weighted by molar-refractivity contribution is -0.141. The van der Waals surface area contributed by atoms with Gasteiger partial charge in [-0.15, -0.1) is 0 Å². The molecule has 3 nitrogen and oxygen atoms in total. The van der Waals surface area contributed by atoms with Crippen LogP contribution >= 0.6 is 0 Å². The average molecular weight is 287 g/mol. The van der Waals surface area contributed by atoms with Crippen molar-refractivity contribution in [1.29, 1.82) is 0 Å². The topological polar surface area (TPSA) is 29.5 Å². The molecule has 2 unspecified atom stereocenters. The van der Waals surface area contributed by atoms with Gasteiger partial charge in [0.2, 0.25) is 0 Å². The van der Waals surface area contributed by atoms with E-state index in [2.05, 4.69) is 55.2 Å². The largest absolute Gasteiger partial charge is 0.469 e. The highest BCUT2D eigenvalue weighted by Crippen LogP contribution is 2.29. The summed E-state index contributed by atoms with van der Waals surface area (Å²) in [4.78, 5) is 13.9. The van der Waals surface area contributed by atoms with E-state index in [9.17, 15) is 4.79 Å². The SMILES string of the molecule is COC(=O)CCN(C1C=CC(C)C1)[C@@H](C)c1ccccc1. The van der Waals surface area contributed by atoms with Gasteiger partial charge in [0.25, 0.3) is 0 Å². The number of carbonyl (C=O) groups is 1. The molecule has 0 N–H and O–H groups in total. The third-order valence-corrected chi connectivity index (χ3v) is 4.28. The van der Waals surface area contributed by atoms with Gasteiger partial charge in [-0.1, -0.05) is 49.4 Å². The van der Waals surface area contributed by atoms with Gasteiger partial charge < -0.3 is 4.74 Å². The lowest BCUT2D eigenvalue weighted by Crippen LogP contribution is -2.37. The molecule has 0 radical (unpaired) electrons. The molecule has 0 spiro atoms. The van der Waals surface area contributed by atoms with E-state index in [0.717, 1.165) is 13.0 Å². The van der Waals surface area contributed by atoms with E-state index in [4.69, 9.17) is 4.74 Å². The lowest BCUT2D eigenvalue weighted by atomic mass is 10.0. The molecular formula is C18H25NO2. The summed E-state index contributed by atoms with van der Waals surface area (Å²) in [6.07, 6.45) is 6.11. The monoisotopic (exact) mass is 287 g/mol. The van der Waals surface area contributed by atoms with Crippen molar-refractivity contribution < 1.29 is 9.53 Å². The van der Waals surface area contributed by atoms with Gasteiger partial charge in [0.1, 0.15) is 0 Å². The molecule has 0 heterocycles. The molecule has 21 heavy (non-hydrogen) atoms. The van der Waals surface area contributed by atoms with E-state index in [1.165, 1.54) is 12.7 Å². The molecule has 1 aliphatic rings. The second-order valence-electron chi connectivity index (χ2n) is 5.82. The van der Waals surface area contributed by atoms with E-state index < -0.39 is 0 Å². The summed E-state index contributed by atoms with van der Waals surface area (Å²) >= 11 is 0. The van der Waals surface area contributed by atoms with Gasteiger partial charge in [0.05, 0.1) is 13.5 Å². The first kappa shape index (κ1) is 15.8. The first-order valence-electron chi connectivity index (χ1n) is 7.67. The molecule has 0 bridgehead atoms. The molecule has 3 heteroatoms. The third-order valence-electron chi connectivity index (χ3n) is 4.28. The second-order valence-corrected chi connectivity index (χ2v) is 5.82. The zero-order valence-electron chi connectivity index (χ0n) is 13.2. The Balaban J connectivity index is 2.11. The van der Waals surface area contributed by atoms with Crippen molar-refractivity contribution in [2.75, 3.05) is 13.7 Å². The minimum Gasteiger partial charge on any atom is -0.469 e. The molecule has 0 saturated carbocycles. The minimum atomic E-state index is -0.143. The molecule has 1 aromatic carbocycles. The number of ether oxygens (including phenoxy) is 1.